The van der Waals surface area contributed by atoms with Gasteiger partial charge in [0.2, 0.25) is 0 Å². The Kier molecular flexibility index (Phi) is 4.81. The van der Waals surface area contributed by atoms with E-state index < -0.39 is 25.6 Å². The Bertz CT molecular complexity index is 854. The Hall–Kier alpha value is -1.54. The molecule has 2 aromatic rings. The van der Waals surface area contributed by atoms with Gasteiger partial charge in [-0.25, -0.2) is 0 Å². The van der Waals surface area contributed by atoms with Gasteiger partial charge in [-0.05, 0) is 24.3 Å². The van der Waals surface area contributed by atoms with Crippen LogP contribution < -0.4 is 4.18 Å². The number of halogens is 3. The number of hydrogen-bond donors (Lipinski definition) is 0. The number of benzene rings is 2. The third kappa shape index (κ3) is 3.61. The molecule has 0 heterocycles. The Morgan fingerprint density at radius 3 is 2.27 bits per heavy atom. The number of hydrogen-bond acceptors (Lipinski definition) is 5. The van der Waals surface area contributed by atoms with E-state index in [2.05, 4.69) is 0 Å². The Morgan fingerprint density at radius 1 is 1.00 bits per heavy atom. The fourth-order valence-electron chi connectivity index (χ4n) is 1.50. The van der Waals surface area contributed by atoms with Crippen LogP contribution in [0.2, 0.25) is 15.1 Å². The van der Waals surface area contributed by atoms with Crippen molar-refractivity contribution in [2.45, 2.75) is 4.90 Å². The fourth-order valence-corrected chi connectivity index (χ4v) is 3.01. The molecule has 0 aliphatic rings. The van der Waals surface area contributed by atoms with E-state index in [0.717, 1.165) is 18.2 Å². The molecule has 22 heavy (non-hydrogen) atoms. The number of nitrogens with zero attached hydrogens (tertiary/aromatic N) is 1. The molecule has 2 rings (SSSR count). The molecule has 0 atom stereocenters. The molecule has 0 radical (unpaired) electrons. The molecule has 6 nitrogen and oxygen atoms in total. The van der Waals surface area contributed by atoms with Crippen LogP contribution in [0, 0.1) is 10.1 Å². The molecule has 0 fully saturated rings. The van der Waals surface area contributed by atoms with Gasteiger partial charge in [-0.1, -0.05) is 34.8 Å². The predicted molar refractivity (Wildman–Crippen MR) is 82.4 cm³/mol. The molecule has 0 saturated heterocycles. The lowest BCUT2D eigenvalue weighted by molar-refractivity contribution is -0.384. The van der Waals surface area contributed by atoms with Crippen LogP contribution in [-0.4, -0.2) is 13.3 Å². The van der Waals surface area contributed by atoms with E-state index >= 15 is 0 Å². The summed E-state index contributed by atoms with van der Waals surface area (Å²) in [7, 11) is -4.33. The lowest BCUT2D eigenvalue weighted by Crippen LogP contribution is -2.10. The normalized spacial score (nSPS) is 11.2. The zero-order valence-corrected chi connectivity index (χ0v) is 13.6. The van der Waals surface area contributed by atoms with Crippen LogP contribution in [-0.2, 0) is 10.1 Å². The molecule has 10 heteroatoms. The SMILES string of the molecule is O=[N+]([O-])c1cc(S(=O)(=O)Oc2cc(Cl)ccc2Cl)ccc1Cl. The van der Waals surface area contributed by atoms with Crippen molar-refractivity contribution in [3.8, 4) is 5.75 Å². The first-order valence-electron chi connectivity index (χ1n) is 5.54. The highest BCUT2D eigenvalue weighted by atomic mass is 35.5. The van der Waals surface area contributed by atoms with Gasteiger partial charge in [-0.2, -0.15) is 8.42 Å². The highest BCUT2D eigenvalue weighted by molar-refractivity contribution is 7.87. The van der Waals surface area contributed by atoms with Gasteiger partial charge < -0.3 is 4.18 Å². The second kappa shape index (κ2) is 6.29. The van der Waals surface area contributed by atoms with Crippen LogP contribution in [0.1, 0.15) is 0 Å². The van der Waals surface area contributed by atoms with Crippen molar-refractivity contribution in [3.63, 3.8) is 0 Å². The van der Waals surface area contributed by atoms with Crippen LogP contribution in [0.4, 0.5) is 5.69 Å². The van der Waals surface area contributed by atoms with Crippen molar-refractivity contribution in [2.24, 2.45) is 0 Å². The molecular weight excluding hydrogens is 377 g/mol. The van der Waals surface area contributed by atoms with Gasteiger partial charge in [0.05, 0.1) is 9.95 Å². The van der Waals surface area contributed by atoms with Crippen LogP contribution in [0.25, 0.3) is 0 Å². The highest BCUT2D eigenvalue weighted by Gasteiger charge is 2.23. The summed E-state index contributed by atoms with van der Waals surface area (Å²) in [6, 6.07) is 7.01. The molecule has 0 aliphatic heterocycles. The molecular formula is C12H6Cl3NO5S. The van der Waals surface area contributed by atoms with Crippen LogP contribution in [0.15, 0.2) is 41.3 Å². The average molecular weight is 383 g/mol. The van der Waals surface area contributed by atoms with Crippen LogP contribution in [0.5, 0.6) is 5.75 Å². The van der Waals surface area contributed by atoms with E-state index in [4.69, 9.17) is 39.0 Å². The van der Waals surface area contributed by atoms with E-state index in [9.17, 15) is 18.5 Å². The van der Waals surface area contributed by atoms with E-state index in [-0.39, 0.29) is 20.8 Å². The van der Waals surface area contributed by atoms with Crippen LogP contribution in [0.3, 0.4) is 0 Å². The third-order valence-electron chi connectivity index (χ3n) is 2.50. The fraction of sp³-hybridized carbons (Fsp3) is 0. The van der Waals surface area contributed by atoms with Crippen molar-refractivity contribution >= 4 is 50.6 Å². The molecule has 2 aromatic carbocycles. The zero-order chi connectivity index (χ0) is 16.5. The maximum atomic E-state index is 12.2. The Morgan fingerprint density at radius 2 is 1.64 bits per heavy atom. The zero-order valence-electron chi connectivity index (χ0n) is 10.5. The maximum Gasteiger partial charge on any atom is 0.339 e. The topological polar surface area (TPSA) is 86.5 Å². The van der Waals surface area contributed by atoms with E-state index in [1.54, 1.807) is 0 Å². The molecule has 0 saturated carbocycles. The minimum atomic E-state index is -4.33. The van der Waals surface area contributed by atoms with Crippen molar-refractivity contribution < 1.29 is 17.5 Å². The minimum Gasteiger partial charge on any atom is -0.377 e. The number of nitro groups is 1. The molecule has 0 spiro atoms. The minimum absolute atomic E-state index is 0.0245. The summed E-state index contributed by atoms with van der Waals surface area (Å²) in [4.78, 5) is 9.58. The number of nitro benzene ring substituents is 1. The molecule has 0 bridgehead atoms. The highest BCUT2D eigenvalue weighted by Crippen LogP contribution is 2.32. The van der Waals surface area contributed by atoms with Gasteiger partial charge in [-0.15, -0.1) is 0 Å². The first kappa shape index (κ1) is 16.8. The van der Waals surface area contributed by atoms with Crippen molar-refractivity contribution in [3.05, 3.63) is 61.6 Å². The largest absolute Gasteiger partial charge is 0.377 e. The summed E-state index contributed by atoms with van der Waals surface area (Å²) in [5.41, 5.74) is -0.552. The number of rotatable bonds is 4. The van der Waals surface area contributed by atoms with Crippen molar-refractivity contribution in [1.82, 2.24) is 0 Å². The summed E-state index contributed by atoms with van der Waals surface area (Å²) >= 11 is 17.2. The lowest BCUT2D eigenvalue weighted by atomic mass is 10.3. The smallest absolute Gasteiger partial charge is 0.339 e. The van der Waals surface area contributed by atoms with Crippen LogP contribution >= 0.6 is 34.8 Å². The van der Waals surface area contributed by atoms with Gasteiger partial charge in [0, 0.05) is 17.2 Å². The summed E-state index contributed by atoms with van der Waals surface area (Å²) in [6.45, 7) is 0. The maximum absolute atomic E-state index is 12.2. The molecule has 0 aliphatic carbocycles. The third-order valence-corrected chi connectivity index (χ3v) is 4.59. The quantitative estimate of drug-likeness (QED) is 0.446. The van der Waals surface area contributed by atoms with Crippen molar-refractivity contribution in [1.29, 1.82) is 0 Å². The first-order valence-corrected chi connectivity index (χ1v) is 8.08. The summed E-state index contributed by atoms with van der Waals surface area (Å²) in [5, 5.41) is 10.9. The van der Waals surface area contributed by atoms with Gasteiger partial charge in [0.15, 0.2) is 5.75 Å². The molecule has 0 unspecified atom stereocenters. The van der Waals surface area contributed by atoms with Gasteiger partial charge >= 0.3 is 10.1 Å². The summed E-state index contributed by atoms with van der Waals surface area (Å²) in [6.07, 6.45) is 0. The predicted octanol–water partition coefficient (Wildman–Crippen LogP) is 4.32. The lowest BCUT2D eigenvalue weighted by Gasteiger charge is -2.09. The molecule has 0 amide bonds. The van der Waals surface area contributed by atoms with Crippen molar-refractivity contribution in [2.75, 3.05) is 0 Å². The van der Waals surface area contributed by atoms with E-state index in [0.29, 0.717) is 0 Å². The second-order valence-electron chi connectivity index (χ2n) is 3.98. The van der Waals surface area contributed by atoms with E-state index in [1.807, 2.05) is 0 Å². The summed E-state index contributed by atoms with van der Waals surface area (Å²) < 4.78 is 29.2. The first-order chi connectivity index (χ1) is 10.2. The average Bonchev–Trinajstić information content (AvgIpc) is 2.42. The van der Waals surface area contributed by atoms with Gasteiger partial charge in [0.1, 0.15) is 9.92 Å². The standard InChI is InChI=1S/C12H6Cl3NO5S/c13-7-1-3-10(15)12(5-7)21-22(19,20)8-2-4-9(14)11(6-8)16(17)18/h1-6H. The van der Waals surface area contributed by atoms with Gasteiger partial charge in [0.25, 0.3) is 5.69 Å². The molecule has 0 N–H and O–H groups in total. The Balaban J connectivity index is 2.45. The summed E-state index contributed by atoms with van der Waals surface area (Å²) in [5.74, 6) is -0.188. The monoisotopic (exact) mass is 381 g/mol. The Labute approximate surface area is 140 Å². The molecule has 0 aromatic heterocycles. The van der Waals surface area contributed by atoms with E-state index in [1.165, 1.54) is 18.2 Å². The second-order valence-corrected chi connectivity index (χ2v) is 6.78. The molecule has 116 valence electrons. The van der Waals surface area contributed by atoms with Gasteiger partial charge in [-0.3, -0.25) is 10.1 Å².